The number of aryl methyl sites for hydroxylation is 2. The van der Waals surface area contributed by atoms with Crippen LogP contribution in [0.2, 0.25) is 0 Å². The predicted molar refractivity (Wildman–Crippen MR) is 115 cm³/mol. The first-order valence-corrected chi connectivity index (χ1v) is 11.0. The van der Waals surface area contributed by atoms with Crippen LogP contribution in [-0.2, 0) is 22.1 Å². The Morgan fingerprint density at radius 1 is 1.30 bits per heavy atom. The Labute approximate surface area is 175 Å². The highest BCUT2D eigenvalue weighted by Gasteiger charge is 2.16. The monoisotopic (exact) mass is 431 g/mol. The number of aromatic hydroxyl groups is 1. The van der Waals surface area contributed by atoms with Gasteiger partial charge in [0.15, 0.2) is 0 Å². The fraction of sp³-hybridized carbons (Fsp3) is 0.300. The second kappa shape index (κ2) is 8.72. The summed E-state index contributed by atoms with van der Waals surface area (Å²) in [5, 5.41) is 15.2. The Kier molecular flexibility index (Phi) is 6.28. The number of carbonyl (C=O) groups excluding carboxylic acids is 1. The molecule has 2 aromatic heterocycles. The minimum Gasteiger partial charge on any atom is -0.508 e. The fourth-order valence-electron chi connectivity index (χ4n) is 3.19. The molecule has 0 atom stereocenters. The van der Waals surface area contributed by atoms with E-state index < -0.39 is 16.1 Å². The molecule has 2 heterocycles. The zero-order valence-corrected chi connectivity index (χ0v) is 17.9. The molecule has 0 aliphatic heterocycles. The number of unbranched alkanes of at least 4 members (excludes halogenated alkanes) is 1. The van der Waals surface area contributed by atoms with Crippen LogP contribution in [0.4, 0.5) is 0 Å². The van der Waals surface area contributed by atoms with Gasteiger partial charge in [0.05, 0.1) is 11.2 Å². The molecule has 9 nitrogen and oxygen atoms in total. The zero-order chi connectivity index (χ0) is 21.9. The van der Waals surface area contributed by atoms with Crippen molar-refractivity contribution < 1.29 is 18.3 Å². The lowest BCUT2D eigenvalue weighted by Crippen LogP contribution is -2.39. The highest BCUT2D eigenvalue weighted by atomic mass is 32.2. The molecule has 1 amide bonds. The van der Waals surface area contributed by atoms with E-state index in [2.05, 4.69) is 9.82 Å². The van der Waals surface area contributed by atoms with Gasteiger partial charge in [-0.15, -0.1) is 0 Å². The largest absolute Gasteiger partial charge is 0.508 e. The Hall–Kier alpha value is -3.11. The number of hydrogen-bond acceptors (Lipinski definition) is 5. The normalized spacial score (nSPS) is 12.1. The molecule has 0 spiro atoms. The molecule has 0 bridgehead atoms. The second-order valence-corrected chi connectivity index (χ2v) is 8.43. The van der Waals surface area contributed by atoms with E-state index in [1.807, 2.05) is 34.5 Å². The summed E-state index contributed by atoms with van der Waals surface area (Å²) >= 11 is 0. The van der Waals surface area contributed by atoms with Crippen molar-refractivity contribution in [3.63, 3.8) is 0 Å². The molecular weight excluding hydrogens is 406 g/mol. The molecule has 0 saturated carbocycles. The van der Waals surface area contributed by atoms with Crippen LogP contribution in [0.3, 0.4) is 0 Å². The molecule has 0 aliphatic rings. The van der Waals surface area contributed by atoms with Gasteiger partial charge in [0.1, 0.15) is 11.6 Å². The van der Waals surface area contributed by atoms with Crippen LogP contribution >= 0.6 is 0 Å². The molecule has 3 aromatic rings. The Balaban J connectivity index is 1.89. The van der Waals surface area contributed by atoms with Crippen molar-refractivity contribution >= 4 is 33.1 Å². The summed E-state index contributed by atoms with van der Waals surface area (Å²) in [4.78, 5) is 12.2. The van der Waals surface area contributed by atoms with Crippen molar-refractivity contribution in [2.75, 3.05) is 6.54 Å². The summed E-state index contributed by atoms with van der Waals surface area (Å²) in [5.41, 5.74) is 2.10. The Bertz CT molecular complexity index is 1210. The molecule has 0 radical (unpaired) electrons. The first-order valence-electron chi connectivity index (χ1n) is 9.55. The Morgan fingerprint density at radius 3 is 2.80 bits per heavy atom. The fourth-order valence-corrected chi connectivity index (χ4v) is 4.01. The van der Waals surface area contributed by atoms with Crippen molar-refractivity contribution in [2.24, 2.45) is 7.05 Å². The number of nitrogens with zero attached hydrogens (tertiary/aromatic N) is 3. The van der Waals surface area contributed by atoms with Gasteiger partial charge in [0.25, 0.3) is 5.91 Å². The van der Waals surface area contributed by atoms with Crippen molar-refractivity contribution in [2.45, 2.75) is 26.7 Å². The van der Waals surface area contributed by atoms with Crippen LogP contribution in [0, 0.1) is 6.92 Å². The van der Waals surface area contributed by atoms with Crippen molar-refractivity contribution in [1.29, 1.82) is 0 Å². The zero-order valence-electron chi connectivity index (χ0n) is 17.1. The van der Waals surface area contributed by atoms with E-state index in [1.54, 1.807) is 30.8 Å². The molecule has 3 rings (SSSR count). The SMILES string of the molecule is CCCCNS(=O)(=O)NC(=O)/C=C/c1c(C)nn(C)c1-n1ccc2ccc(O)cc21. The minimum atomic E-state index is -3.90. The maximum absolute atomic E-state index is 12.2. The molecular formula is C20H25N5O4S. The number of fused-ring (bicyclic) bond motifs is 1. The Morgan fingerprint density at radius 2 is 2.07 bits per heavy atom. The van der Waals surface area contributed by atoms with E-state index in [-0.39, 0.29) is 12.3 Å². The second-order valence-electron chi connectivity index (χ2n) is 6.93. The number of amides is 1. The van der Waals surface area contributed by atoms with Crippen molar-refractivity contribution in [3.05, 3.63) is 47.8 Å². The van der Waals surface area contributed by atoms with Crippen LogP contribution in [0.25, 0.3) is 22.8 Å². The standard InChI is InChI=1S/C20H25N5O4S/c1-4-5-11-21-30(28,29)23-19(27)9-8-17-14(2)22-24(3)20(17)25-12-10-15-6-7-16(26)13-18(15)25/h6-10,12-13,21,26H,4-5,11H2,1-3H3,(H,23,27)/b9-8+. The molecule has 0 aliphatic carbocycles. The summed E-state index contributed by atoms with van der Waals surface area (Å²) in [6.07, 6.45) is 6.06. The van der Waals surface area contributed by atoms with Crippen molar-refractivity contribution in [1.82, 2.24) is 23.8 Å². The lowest BCUT2D eigenvalue weighted by Gasteiger charge is -2.08. The van der Waals surface area contributed by atoms with Crippen LogP contribution in [-0.4, -0.2) is 40.3 Å². The van der Waals surface area contributed by atoms with Gasteiger partial charge in [0, 0.05) is 42.9 Å². The van der Waals surface area contributed by atoms with Gasteiger partial charge in [0.2, 0.25) is 0 Å². The number of carbonyl (C=O) groups is 1. The van der Waals surface area contributed by atoms with E-state index in [0.717, 1.165) is 23.4 Å². The van der Waals surface area contributed by atoms with Gasteiger partial charge >= 0.3 is 10.2 Å². The smallest absolute Gasteiger partial charge is 0.301 e. The first kappa shape index (κ1) is 21.6. The molecule has 1 aromatic carbocycles. The van der Waals surface area contributed by atoms with E-state index in [1.165, 1.54) is 6.08 Å². The van der Waals surface area contributed by atoms with Crippen LogP contribution in [0.15, 0.2) is 36.5 Å². The number of benzene rings is 1. The maximum Gasteiger partial charge on any atom is 0.301 e. The van der Waals surface area contributed by atoms with Crippen molar-refractivity contribution in [3.8, 4) is 11.6 Å². The highest BCUT2D eigenvalue weighted by Crippen LogP contribution is 2.27. The molecule has 0 saturated heterocycles. The van der Waals surface area contributed by atoms with E-state index >= 15 is 0 Å². The molecule has 30 heavy (non-hydrogen) atoms. The van der Waals surface area contributed by atoms with Gasteiger partial charge in [-0.05, 0) is 37.6 Å². The van der Waals surface area contributed by atoms with Crippen LogP contribution < -0.4 is 9.44 Å². The average Bonchev–Trinajstić information content (AvgIpc) is 3.18. The molecule has 0 unspecified atom stereocenters. The lowest BCUT2D eigenvalue weighted by atomic mass is 10.2. The average molecular weight is 432 g/mol. The van der Waals surface area contributed by atoms with Crippen LogP contribution in [0.5, 0.6) is 5.75 Å². The summed E-state index contributed by atoms with van der Waals surface area (Å²) < 4.78 is 31.6. The topological polar surface area (TPSA) is 118 Å². The highest BCUT2D eigenvalue weighted by molar-refractivity contribution is 7.88. The summed E-state index contributed by atoms with van der Waals surface area (Å²) in [6.45, 7) is 4.01. The minimum absolute atomic E-state index is 0.138. The molecule has 0 fully saturated rings. The summed E-state index contributed by atoms with van der Waals surface area (Å²) in [7, 11) is -2.13. The quantitative estimate of drug-likeness (QED) is 0.373. The summed E-state index contributed by atoms with van der Waals surface area (Å²) in [6, 6.07) is 6.98. The molecule has 160 valence electrons. The number of nitrogens with one attached hydrogen (secondary N) is 2. The first-order chi connectivity index (χ1) is 14.2. The summed E-state index contributed by atoms with van der Waals surface area (Å²) in [5.74, 6) is 0.0582. The number of aromatic nitrogens is 3. The maximum atomic E-state index is 12.2. The van der Waals surface area contributed by atoms with Gasteiger partial charge in [-0.3, -0.25) is 9.48 Å². The number of phenols is 1. The van der Waals surface area contributed by atoms with Gasteiger partial charge < -0.3 is 9.67 Å². The number of phenolic OH excluding ortho intramolecular Hbond substituents is 1. The van der Waals surface area contributed by atoms with Crippen LogP contribution in [0.1, 0.15) is 31.0 Å². The third-order valence-electron chi connectivity index (χ3n) is 4.60. The number of hydrogen-bond donors (Lipinski definition) is 3. The van der Waals surface area contributed by atoms with E-state index in [9.17, 15) is 18.3 Å². The molecule has 3 N–H and O–H groups in total. The van der Waals surface area contributed by atoms with E-state index in [4.69, 9.17) is 0 Å². The predicted octanol–water partition coefficient (Wildman–Crippen LogP) is 2.14. The third-order valence-corrected chi connectivity index (χ3v) is 5.65. The van der Waals surface area contributed by atoms with E-state index in [0.29, 0.717) is 23.5 Å². The third kappa shape index (κ3) is 4.71. The lowest BCUT2D eigenvalue weighted by molar-refractivity contribution is -0.114. The van der Waals surface area contributed by atoms with Gasteiger partial charge in [-0.25, -0.2) is 4.72 Å². The van der Waals surface area contributed by atoms with Gasteiger partial charge in [-0.2, -0.15) is 18.2 Å². The molecule has 10 heteroatoms. The van der Waals surface area contributed by atoms with Gasteiger partial charge in [-0.1, -0.05) is 13.3 Å². The number of rotatable bonds is 8.